The van der Waals surface area contributed by atoms with Gasteiger partial charge in [0, 0.05) is 11.6 Å². The number of benzene rings is 1. The van der Waals surface area contributed by atoms with E-state index in [2.05, 4.69) is 9.72 Å². The van der Waals surface area contributed by atoms with Crippen LogP contribution in [-0.4, -0.2) is 24.1 Å². The highest BCUT2D eigenvalue weighted by Crippen LogP contribution is 2.14. The lowest BCUT2D eigenvalue weighted by Gasteiger charge is -2.09. The molecule has 0 aliphatic carbocycles. The van der Waals surface area contributed by atoms with E-state index < -0.39 is 12.0 Å². The van der Waals surface area contributed by atoms with Gasteiger partial charge in [-0.1, -0.05) is 18.2 Å². The van der Waals surface area contributed by atoms with Gasteiger partial charge in [0.2, 0.25) is 0 Å². The summed E-state index contributed by atoms with van der Waals surface area (Å²) in [5, 5.41) is 1.07. The highest BCUT2D eigenvalue weighted by Gasteiger charge is 2.14. The van der Waals surface area contributed by atoms with Crippen LogP contribution < -0.4 is 5.73 Å². The zero-order valence-electron chi connectivity index (χ0n) is 9.59. The summed E-state index contributed by atoms with van der Waals surface area (Å²) < 4.78 is 4.59. The zero-order chi connectivity index (χ0) is 12.3. The normalized spacial score (nSPS) is 12.4. The lowest BCUT2D eigenvalue weighted by atomic mass is 10.0. The molecular formula is C13H14N2O2. The maximum absolute atomic E-state index is 11.2. The third kappa shape index (κ3) is 2.60. The van der Waals surface area contributed by atoms with E-state index in [-0.39, 0.29) is 0 Å². The van der Waals surface area contributed by atoms with Crippen LogP contribution in [0, 0.1) is 0 Å². The van der Waals surface area contributed by atoms with Crippen molar-refractivity contribution in [3.8, 4) is 0 Å². The topological polar surface area (TPSA) is 65.2 Å². The Labute approximate surface area is 99.4 Å². The molecule has 1 atom stereocenters. The molecule has 17 heavy (non-hydrogen) atoms. The monoisotopic (exact) mass is 230 g/mol. The Hall–Kier alpha value is -1.94. The van der Waals surface area contributed by atoms with Crippen molar-refractivity contribution in [1.82, 2.24) is 4.98 Å². The van der Waals surface area contributed by atoms with E-state index in [9.17, 15) is 4.79 Å². The summed E-state index contributed by atoms with van der Waals surface area (Å²) in [7, 11) is 1.34. The molecule has 1 unspecified atom stereocenters. The molecule has 0 aliphatic heterocycles. The van der Waals surface area contributed by atoms with Crippen molar-refractivity contribution in [2.24, 2.45) is 5.73 Å². The summed E-state index contributed by atoms with van der Waals surface area (Å²) in [4.78, 5) is 15.5. The largest absolute Gasteiger partial charge is 0.468 e. The van der Waals surface area contributed by atoms with E-state index in [1.54, 1.807) is 6.20 Å². The van der Waals surface area contributed by atoms with Gasteiger partial charge in [-0.05, 0) is 24.1 Å². The fraction of sp³-hybridized carbons (Fsp3) is 0.231. The number of rotatable bonds is 3. The molecule has 2 rings (SSSR count). The van der Waals surface area contributed by atoms with Crippen molar-refractivity contribution in [2.75, 3.05) is 7.11 Å². The molecule has 1 aromatic heterocycles. The molecule has 88 valence electrons. The second-order valence-electron chi connectivity index (χ2n) is 3.86. The molecule has 0 spiro atoms. The predicted octanol–water partition coefficient (Wildman–Crippen LogP) is 1.28. The van der Waals surface area contributed by atoms with Gasteiger partial charge in [-0.2, -0.15) is 0 Å². The molecule has 0 radical (unpaired) electrons. The number of aromatic nitrogens is 1. The molecule has 0 fully saturated rings. The Morgan fingerprint density at radius 1 is 1.47 bits per heavy atom. The second kappa shape index (κ2) is 4.93. The van der Waals surface area contributed by atoms with Gasteiger partial charge in [0.05, 0.1) is 12.6 Å². The van der Waals surface area contributed by atoms with Gasteiger partial charge < -0.3 is 10.5 Å². The van der Waals surface area contributed by atoms with Crippen molar-refractivity contribution >= 4 is 16.9 Å². The highest BCUT2D eigenvalue weighted by atomic mass is 16.5. The van der Waals surface area contributed by atoms with Gasteiger partial charge in [0.25, 0.3) is 0 Å². The molecule has 1 heterocycles. The Kier molecular flexibility index (Phi) is 3.35. The van der Waals surface area contributed by atoms with E-state index in [0.717, 1.165) is 16.5 Å². The summed E-state index contributed by atoms with van der Waals surface area (Å²) in [6.07, 6.45) is 2.20. The van der Waals surface area contributed by atoms with Crippen molar-refractivity contribution in [3.05, 3.63) is 42.1 Å². The minimum atomic E-state index is -0.624. The lowest BCUT2D eigenvalue weighted by molar-refractivity contribution is -0.142. The number of methoxy groups -OCH3 is 1. The Bertz CT molecular complexity index is 540. The third-order valence-corrected chi connectivity index (χ3v) is 2.63. The number of nitrogens with zero attached hydrogens (tertiary/aromatic N) is 1. The summed E-state index contributed by atoms with van der Waals surface area (Å²) >= 11 is 0. The molecule has 0 amide bonds. The van der Waals surface area contributed by atoms with Crippen LogP contribution in [0.15, 0.2) is 36.5 Å². The minimum Gasteiger partial charge on any atom is -0.468 e. The van der Waals surface area contributed by atoms with Crippen LogP contribution in [0.3, 0.4) is 0 Å². The minimum absolute atomic E-state index is 0.397. The molecule has 1 aromatic carbocycles. The first-order chi connectivity index (χ1) is 8.20. The van der Waals surface area contributed by atoms with E-state index in [0.29, 0.717) is 6.42 Å². The van der Waals surface area contributed by atoms with Crippen LogP contribution in [0.2, 0.25) is 0 Å². The number of carbonyl (C=O) groups excluding carboxylic acids is 1. The first-order valence-corrected chi connectivity index (χ1v) is 5.38. The molecule has 0 bridgehead atoms. The molecule has 0 aliphatic rings. The highest BCUT2D eigenvalue weighted by molar-refractivity contribution is 5.79. The van der Waals surface area contributed by atoms with Crippen molar-refractivity contribution in [2.45, 2.75) is 12.5 Å². The van der Waals surface area contributed by atoms with Gasteiger partial charge in [0.1, 0.15) is 6.04 Å². The first-order valence-electron chi connectivity index (χ1n) is 5.38. The fourth-order valence-electron chi connectivity index (χ4n) is 1.73. The Balaban J connectivity index is 2.22. The smallest absolute Gasteiger partial charge is 0.322 e. The maximum atomic E-state index is 11.2. The number of carbonyl (C=O) groups is 1. The SMILES string of the molecule is COC(=O)C(N)Cc1ccc2cccnc2c1. The quantitative estimate of drug-likeness (QED) is 0.807. The predicted molar refractivity (Wildman–Crippen MR) is 65.4 cm³/mol. The molecule has 2 N–H and O–H groups in total. The number of ether oxygens (including phenoxy) is 1. The fourth-order valence-corrected chi connectivity index (χ4v) is 1.73. The number of pyridine rings is 1. The van der Waals surface area contributed by atoms with Gasteiger partial charge in [-0.15, -0.1) is 0 Å². The second-order valence-corrected chi connectivity index (χ2v) is 3.86. The van der Waals surface area contributed by atoms with Gasteiger partial charge in [0.15, 0.2) is 0 Å². The van der Waals surface area contributed by atoms with E-state index >= 15 is 0 Å². The van der Waals surface area contributed by atoms with Gasteiger partial charge >= 0.3 is 5.97 Å². The molecule has 0 saturated heterocycles. The van der Waals surface area contributed by atoms with E-state index in [1.807, 2.05) is 30.3 Å². The van der Waals surface area contributed by atoms with Crippen molar-refractivity contribution < 1.29 is 9.53 Å². The number of nitrogens with two attached hydrogens (primary N) is 1. The van der Waals surface area contributed by atoms with Crippen LogP contribution >= 0.6 is 0 Å². The van der Waals surface area contributed by atoms with Crippen LogP contribution in [0.4, 0.5) is 0 Å². The average Bonchev–Trinajstić information content (AvgIpc) is 2.37. The van der Waals surface area contributed by atoms with Gasteiger partial charge in [-0.25, -0.2) is 0 Å². The van der Waals surface area contributed by atoms with Gasteiger partial charge in [-0.3, -0.25) is 9.78 Å². The maximum Gasteiger partial charge on any atom is 0.322 e. The van der Waals surface area contributed by atoms with E-state index in [4.69, 9.17) is 5.73 Å². The zero-order valence-corrected chi connectivity index (χ0v) is 9.59. The van der Waals surface area contributed by atoms with Crippen LogP contribution in [0.25, 0.3) is 10.9 Å². The molecule has 2 aromatic rings. The lowest BCUT2D eigenvalue weighted by Crippen LogP contribution is -2.33. The van der Waals surface area contributed by atoms with Crippen LogP contribution in [0.1, 0.15) is 5.56 Å². The average molecular weight is 230 g/mol. The van der Waals surface area contributed by atoms with Crippen molar-refractivity contribution in [3.63, 3.8) is 0 Å². The molecule has 4 heteroatoms. The first kappa shape index (κ1) is 11.5. The summed E-state index contributed by atoms with van der Waals surface area (Å²) in [6.45, 7) is 0. The van der Waals surface area contributed by atoms with Crippen LogP contribution in [0.5, 0.6) is 0 Å². The number of esters is 1. The number of fused-ring (bicyclic) bond motifs is 1. The number of hydrogen-bond acceptors (Lipinski definition) is 4. The Morgan fingerprint density at radius 3 is 3.06 bits per heavy atom. The van der Waals surface area contributed by atoms with E-state index in [1.165, 1.54) is 7.11 Å². The van der Waals surface area contributed by atoms with Crippen molar-refractivity contribution in [1.29, 1.82) is 0 Å². The third-order valence-electron chi connectivity index (χ3n) is 2.63. The van der Waals surface area contributed by atoms with Crippen LogP contribution in [-0.2, 0) is 16.0 Å². The summed E-state index contributed by atoms with van der Waals surface area (Å²) in [6, 6.07) is 9.13. The summed E-state index contributed by atoms with van der Waals surface area (Å²) in [5.74, 6) is -0.397. The standard InChI is InChI=1S/C13H14N2O2/c1-17-13(16)11(14)7-9-4-5-10-3-2-6-15-12(10)8-9/h2-6,8,11H,7,14H2,1H3. The summed E-state index contributed by atoms with van der Waals surface area (Å²) in [5.41, 5.74) is 7.59. The number of hydrogen-bond donors (Lipinski definition) is 1. The Morgan fingerprint density at radius 2 is 2.29 bits per heavy atom. The molecule has 4 nitrogen and oxygen atoms in total. The molecular weight excluding hydrogens is 216 g/mol. The molecule has 0 saturated carbocycles.